The highest BCUT2D eigenvalue weighted by Gasteiger charge is 2.18. The Morgan fingerprint density at radius 1 is 0.317 bits per heavy atom. The smallest absolute Gasteiger partial charge is 0.0547 e. The van der Waals surface area contributed by atoms with Gasteiger partial charge in [0.15, 0.2) is 0 Å². The van der Waals surface area contributed by atoms with Crippen molar-refractivity contribution < 1.29 is 0 Å². The van der Waals surface area contributed by atoms with Crippen LogP contribution >= 0.6 is 0 Å². The molecular weight excluding hydrogens is 727 g/mol. The zero-order valence-corrected chi connectivity index (χ0v) is 34.1. The van der Waals surface area contributed by atoms with Gasteiger partial charge in [0.1, 0.15) is 0 Å². The number of fused-ring (bicyclic) bond motifs is 3. The molecule has 60 heavy (non-hydrogen) atoms. The van der Waals surface area contributed by atoms with Crippen LogP contribution in [0, 0.1) is 20.8 Å². The Bertz CT molecular complexity index is 2990. The van der Waals surface area contributed by atoms with E-state index in [-0.39, 0.29) is 0 Å². The van der Waals surface area contributed by atoms with Crippen molar-refractivity contribution >= 4 is 55.9 Å². The van der Waals surface area contributed by atoms with E-state index < -0.39 is 0 Å². The quantitative estimate of drug-likeness (QED) is 0.145. The maximum Gasteiger partial charge on any atom is 0.0547 e. The van der Waals surface area contributed by atoms with E-state index in [1.54, 1.807) is 0 Å². The van der Waals surface area contributed by atoms with E-state index in [1.165, 1.54) is 60.8 Å². The average Bonchev–Trinajstić information content (AvgIpc) is 3.62. The highest BCUT2D eigenvalue weighted by atomic mass is 15.1. The standard InChI is InChI=1S/C57H45N3/c1-40-18-27-48(28-19-40)59(49-29-20-41(2)21-30-49)52-35-37-53(42(3)38-52)45-26-36-55-54-16-10-11-17-56(54)60(57(55)39-45)51-33-24-44(25-34-51)43-22-31-50(32-23-43)58(46-12-6-4-7-13-46)47-14-8-5-9-15-47/h4-39H,1-3H3. The number of aryl methyl sites for hydroxylation is 3. The predicted molar refractivity (Wildman–Crippen MR) is 255 cm³/mol. The fourth-order valence-corrected chi connectivity index (χ4v) is 8.57. The minimum absolute atomic E-state index is 1.12. The molecule has 0 aliphatic heterocycles. The first-order valence-corrected chi connectivity index (χ1v) is 20.7. The molecule has 1 aromatic heterocycles. The molecule has 0 radical (unpaired) electrons. The normalized spacial score (nSPS) is 11.2. The average molecular weight is 772 g/mol. The van der Waals surface area contributed by atoms with Gasteiger partial charge in [0.05, 0.1) is 11.0 Å². The van der Waals surface area contributed by atoms with Crippen molar-refractivity contribution in [1.29, 1.82) is 0 Å². The maximum atomic E-state index is 2.42. The molecule has 0 amide bonds. The molecule has 0 aliphatic carbocycles. The highest BCUT2D eigenvalue weighted by molar-refractivity contribution is 6.10. The highest BCUT2D eigenvalue weighted by Crippen LogP contribution is 2.40. The molecule has 3 nitrogen and oxygen atoms in total. The predicted octanol–water partition coefficient (Wildman–Crippen LogP) is 16.0. The zero-order chi connectivity index (χ0) is 40.6. The van der Waals surface area contributed by atoms with Gasteiger partial charge in [0.2, 0.25) is 0 Å². The Kier molecular flexibility index (Phi) is 9.55. The number of para-hydroxylation sites is 3. The van der Waals surface area contributed by atoms with Crippen molar-refractivity contribution in [2.45, 2.75) is 20.8 Å². The third-order valence-corrected chi connectivity index (χ3v) is 11.7. The van der Waals surface area contributed by atoms with Gasteiger partial charge >= 0.3 is 0 Å². The summed E-state index contributed by atoms with van der Waals surface area (Å²) in [6.45, 7) is 6.50. The third kappa shape index (κ3) is 6.91. The summed E-state index contributed by atoms with van der Waals surface area (Å²) >= 11 is 0. The molecule has 3 heteroatoms. The van der Waals surface area contributed by atoms with E-state index in [2.05, 4.69) is 254 Å². The number of aromatic nitrogens is 1. The molecule has 0 atom stereocenters. The molecule has 0 fully saturated rings. The molecule has 1 heterocycles. The molecule has 288 valence electrons. The minimum Gasteiger partial charge on any atom is -0.311 e. The second-order valence-electron chi connectivity index (χ2n) is 15.7. The Balaban J connectivity index is 0.993. The largest absolute Gasteiger partial charge is 0.311 e. The molecular formula is C57H45N3. The number of rotatable bonds is 9. The van der Waals surface area contributed by atoms with Crippen molar-refractivity contribution in [3.8, 4) is 27.9 Å². The molecule has 0 aliphatic rings. The van der Waals surface area contributed by atoms with Gasteiger partial charge in [0.25, 0.3) is 0 Å². The van der Waals surface area contributed by atoms with E-state index in [0.717, 1.165) is 39.8 Å². The first-order chi connectivity index (χ1) is 29.5. The number of nitrogens with zero attached hydrogens (tertiary/aromatic N) is 3. The van der Waals surface area contributed by atoms with E-state index in [9.17, 15) is 0 Å². The van der Waals surface area contributed by atoms with Crippen LogP contribution in [0.3, 0.4) is 0 Å². The van der Waals surface area contributed by atoms with E-state index in [0.29, 0.717) is 0 Å². The van der Waals surface area contributed by atoms with E-state index in [4.69, 9.17) is 0 Å². The summed E-state index contributed by atoms with van der Waals surface area (Å²) in [5.41, 5.74) is 18.8. The molecule has 0 N–H and O–H groups in total. The second kappa shape index (κ2) is 15.6. The molecule has 0 saturated heterocycles. The summed E-state index contributed by atoms with van der Waals surface area (Å²) in [6, 6.07) is 79.1. The van der Waals surface area contributed by atoms with Gasteiger partial charge < -0.3 is 14.4 Å². The Labute approximate surface area is 352 Å². The monoisotopic (exact) mass is 771 g/mol. The van der Waals surface area contributed by atoms with Crippen LogP contribution in [0.5, 0.6) is 0 Å². The van der Waals surface area contributed by atoms with E-state index in [1.807, 2.05) is 0 Å². The number of anilines is 6. The van der Waals surface area contributed by atoms with Crippen molar-refractivity contribution in [3.05, 3.63) is 235 Å². The summed E-state index contributed by atoms with van der Waals surface area (Å²) in [4.78, 5) is 4.64. The van der Waals surface area contributed by atoms with Crippen LogP contribution in [0.2, 0.25) is 0 Å². The topological polar surface area (TPSA) is 11.4 Å². The van der Waals surface area contributed by atoms with Gasteiger partial charge in [0, 0.05) is 50.6 Å². The molecule has 10 aromatic rings. The first kappa shape index (κ1) is 36.7. The summed E-state index contributed by atoms with van der Waals surface area (Å²) < 4.78 is 2.42. The summed E-state index contributed by atoms with van der Waals surface area (Å²) in [5, 5.41) is 2.49. The molecule has 0 unspecified atom stereocenters. The van der Waals surface area contributed by atoms with Gasteiger partial charge in [-0.25, -0.2) is 0 Å². The second-order valence-corrected chi connectivity index (χ2v) is 15.7. The zero-order valence-electron chi connectivity index (χ0n) is 34.1. The summed E-state index contributed by atoms with van der Waals surface area (Å²) in [5.74, 6) is 0. The lowest BCUT2D eigenvalue weighted by atomic mass is 9.98. The molecule has 10 rings (SSSR count). The molecule has 0 saturated carbocycles. The lowest BCUT2D eigenvalue weighted by Gasteiger charge is -2.26. The van der Waals surface area contributed by atoms with Crippen LogP contribution in [0.4, 0.5) is 34.1 Å². The fourth-order valence-electron chi connectivity index (χ4n) is 8.57. The van der Waals surface area contributed by atoms with Crippen LogP contribution in [0.1, 0.15) is 16.7 Å². The van der Waals surface area contributed by atoms with Gasteiger partial charge in [-0.05, 0) is 146 Å². The number of hydrogen-bond donors (Lipinski definition) is 0. The lowest BCUT2D eigenvalue weighted by molar-refractivity contribution is 1.18. The number of benzene rings is 9. The van der Waals surface area contributed by atoms with Crippen LogP contribution in [0.25, 0.3) is 49.7 Å². The van der Waals surface area contributed by atoms with Crippen molar-refractivity contribution in [2.24, 2.45) is 0 Å². The Morgan fingerprint density at radius 3 is 1.32 bits per heavy atom. The third-order valence-electron chi connectivity index (χ3n) is 11.7. The van der Waals surface area contributed by atoms with Gasteiger partial charge in [-0.1, -0.05) is 132 Å². The Hall–Kier alpha value is -7.62. The van der Waals surface area contributed by atoms with Crippen molar-refractivity contribution in [2.75, 3.05) is 9.80 Å². The molecule has 0 bridgehead atoms. The maximum absolute atomic E-state index is 2.42. The van der Waals surface area contributed by atoms with E-state index >= 15 is 0 Å². The SMILES string of the molecule is Cc1ccc(N(c2ccc(C)cc2)c2ccc(-c3ccc4c5ccccc5n(-c5ccc(-c6ccc(N(c7ccccc7)c7ccccc7)cc6)cc5)c4c3)c(C)c2)cc1. The summed E-state index contributed by atoms with van der Waals surface area (Å²) in [6.07, 6.45) is 0. The van der Waals surface area contributed by atoms with Crippen LogP contribution in [-0.2, 0) is 0 Å². The lowest BCUT2D eigenvalue weighted by Crippen LogP contribution is -2.10. The van der Waals surface area contributed by atoms with Crippen LogP contribution < -0.4 is 9.80 Å². The number of hydrogen-bond acceptors (Lipinski definition) is 2. The van der Waals surface area contributed by atoms with Crippen LogP contribution in [0.15, 0.2) is 218 Å². The van der Waals surface area contributed by atoms with Gasteiger partial charge in [-0.3, -0.25) is 0 Å². The fraction of sp³-hybridized carbons (Fsp3) is 0.0526. The first-order valence-electron chi connectivity index (χ1n) is 20.7. The minimum atomic E-state index is 1.12. The molecule has 0 spiro atoms. The van der Waals surface area contributed by atoms with Crippen molar-refractivity contribution in [3.63, 3.8) is 0 Å². The van der Waals surface area contributed by atoms with Crippen molar-refractivity contribution in [1.82, 2.24) is 4.57 Å². The Morgan fingerprint density at radius 2 is 0.750 bits per heavy atom. The van der Waals surface area contributed by atoms with Gasteiger partial charge in [-0.15, -0.1) is 0 Å². The molecule has 9 aromatic carbocycles. The van der Waals surface area contributed by atoms with Crippen LogP contribution in [-0.4, -0.2) is 4.57 Å². The van der Waals surface area contributed by atoms with Gasteiger partial charge in [-0.2, -0.15) is 0 Å². The summed E-state index contributed by atoms with van der Waals surface area (Å²) in [7, 11) is 0.